The maximum Gasteiger partial charge on any atom is 0.0784 e. The van der Waals surface area contributed by atoms with Gasteiger partial charge in [0.15, 0.2) is 0 Å². The average Bonchev–Trinajstić information content (AvgIpc) is 2.12. The number of hydrogen-bond donors (Lipinski definition) is 1. The molecule has 0 aromatic rings. The fraction of sp³-hybridized carbons (Fsp3) is 0.818. The van der Waals surface area contributed by atoms with Crippen LogP contribution in [0, 0.1) is 11.8 Å². The van der Waals surface area contributed by atoms with Gasteiger partial charge in [-0.1, -0.05) is 6.92 Å². The van der Waals surface area contributed by atoms with E-state index in [1.807, 2.05) is 6.92 Å². The Hall–Kier alpha value is -0.520. The Labute approximate surface area is 82.1 Å². The highest BCUT2D eigenvalue weighted by atomic mass is 16.5. The summed E-state index contributed by atoms with van der Waals surface area (Å²) >= 11 is 0. The smallest absolute Gasteiger partial charge is 0.0784 e. The second-order valence-corrected chi connectivity index (χ2v) is 3.55. The molecule has 0 aromatic carbocycles. The van der Waals surface area contributed by atoms with Gasteiger partial charge in [0.1, 0.15) is 0 Å². The van der Waals surface area contributed by atoms with Crippen molar-refractivity contribution in [3.8, 4) is 11.8 Å². The molecule has 0 bridgehead atoms. The summed E-state index contributed by atoms with van der Waals surface area (Å²) in [6.45, 7) is 9.07. The van der Waals surface area contributed by atoms with Crippen LogP contribution in [0.15, 0.2) is 0 Å². The fourth-order valence-electron chi connectivity index (χ4n) is 1.16. The van der Waals surface area contributed by atoms with Crippen LogP contribution in [0.5, 0.6) is 0 Å². The summed E-state index contributed by atoms with van der Waals surface area (Å²) < 4.78 is 5.42. The van der Waals surface area contributed by atoms with Crippen molar-refractivity contribution in [1.82, 2.24) is 5.32 Å². The quantitative estimate of drug-likeness (QED) is 0.656. The second-order valence-electron chi connectivity index (χ2n) is 3.55. The average molecular weight is 183 g/mol. The first-order valence-electron chi connectivity index (χ1n) is 4.76. The lowest BCUT2D eigenvalue weighted by molar-refractivity contribution is -0.00828. The minimum atomic E-state index is -0.153. The van der Waals surface area contributed by atoms with E-state index in [2.05, 4.69) is 37.9 Å². The van der Waals surface area contributed by atoms with Gasteiger partial charge in [-0.05, 0) is 27.3 Å². The van der Waals surface area contributed by atoms with E-state index >= 15 is 0 Å². The van der Waals surface area contributed by atoms with E-state index in [0.29, 0.717) is 6.04 Å². The molecule has 0 saturated carbocycles. The zero-order valence-electron chi connectivity index (χ0n) is 9.40. The molecular weight excluding hydrogens is 162 g/mol. The van der Waals surface area contributed by atoms with E-state index in [-0.39, 0.29) is 5.60 Å². The van der Waals surface area contributed by atoms with Crippen molar-refractivity contribution >= 4 is 0 Å². The van der Waals surface area contributed by atoms with Crippen molar-refractivity contribution in [2.45, 2.75) is 45.8 Å². The van der Waals surface area contributed by atoms with Gasteiger partial charge in [0.25, 0.3) is 0 Å². The summed E-state index contributed by atoms with van der Waals surface area (Å²) in [5.74, 6) is 5.99. The van der Waals surface area contributed by atoms with Gasteiger partial charge in [0, 0.05) is 19.6 Å². The van der Waals surface area contributed by atoms with Gasteiger partial charge in [-0.25, -0.2) is 0 Å². The highest BCUT2D eigenvalue weighted by Gasteiger charge is 2.27. The molecule has 0 rings (SSSR count). The second kappa shape index (κ2) is 6.01. The number of ether oxygens (including phenoxy) is 1. The highest BCUT2D eigenvalue weighted by molar-refractivity contribution is 5.02. The van der Waals surface area contributed by atoms with Crippen molar-refractivity contribution in [1.29, 1.82) is 0 Å². The van der Waals surface area contributed by atoms with Crippen molar-refractivity contribution in [2.24, 2.45) is 0 Å². The van der Waals surface area contributed by atoms with Gasteiger partial charge >= 0.3 is 0 Å². The summed E-state index contributed by atoms with van der Waals surface area (Å²) in [6, 6.07) is 0.301. The monoisotopic (exact) mass is 183 g/mol. The summed E-state index contributed by atoms with van der Waals surface area (Å²) in [5.41, 5.74) is -0.153. The van der Waals surface area contributed by atoms with Gasteiger partial charge in [-0.15, -0.1) is 11.8 Å². The molecule has 0 radical (unpaired) electrons. The molecule has 0 heterocycles. The molecular formula is C11H21NO. The predicted octanol–water partition coefficient (Wildman–Crippen LogP) is 1.80. The van der Waals surface area contributed by atoms with Crippen LogP contribution in [-0.4, -0.2) is 25.3 Å². The Morgan fingerprint density at radius 1 is 1.46 bits per heavy atom. The van der Waals surface area contributed by atoms with Crippen molar-refractivity contribution < 1.29 is 4.74 Å². The van der Waals surface area contributed by atoms with E-state index < -0.39 is 0 Å². The van der Waals surface area contributed by atoms with Crippen LogP contribution >= 0.6 is 0 Å². The lowest BCUT2D eigenvalue weighted by Crippen LogP contribution is -2.47. The van der Waals surface area contributed by atoms with Gasteiger partial charge in [0.2, 0.25) is 0 Å². The van der Waals surface area contributed by atoms with Crippen LogP contribution in [0.3, 0.4) is 0 Å². The third-order valence-corrected chi connectivity index (χ3v) is 2.30. The molecule has 0 aliphatic carbocycles. The third-order valence-electron chi connectivity index (χ3n) is 2.30. The molecule has 0 spiro atoms. The lowest BCUT2D eigenvalue weighted by atomic mass is 9.95. The molecule has 0 aliphatic heterocycles. The normalized spacial score (nSPS) is 13.3. The molecule has 0 fully saturated rings. The zero-order chi connectivity index (χ0) is 10.3. The van der Waals surface area contributed by atoms with E-state index in [4.69, 9.17) is 4.74 Å². The van der Waals surface area contributed by atoms with Crippen LogP contribution in [0.25, 0.3) is 0 Å². The molecule has 76 valence electrons. The van der Waals surface area contributed by atoms with Crippen LogP contribution in [0.4, 0.5) is 0 Å². The van der Waals surface area contributed by atoms with Gasteiger partial charge < -0.3 is 10.1 Å². The van der Waals surface area contributed by atoms with Crippen LogP contribution < -0.4 is 5.32 Å². The number of likely N-dealkylation sites (N-methyl/N-ethyl adjacent to an activating group) is 1. The van der Waals surface area contributed by atoms with Crippen LogP contribution in [0.1, 0.15) is 34.1 Å². The summed E-state index contributed by atoms with van der Waals surface area (Å²) in [4.78, 5) is 0. The number of nitrogens with one attached hydrogen (secondary N) is 1. The molecule has 1 atom stereocenters. The first-order chi connectivity index (χ1) is 6.08. The molecule has 0 aromatic heterocycles. The van der Waals surface area contributed by atoms with E-state index in [1.54, 1.807) is 7.11 Å². The van der Waals surface area contributed by atoms with E-state index in [0.717, 1.165) is 13.0 Å². The lowest BCUT2D eigenvalue weighted by Gasteiger charge is -2.32. The number of rotatable bonds is 5. The molecule has 0 aliphatic rings. The van der Waals surface area contributed by atoms with Gasteiger partial charge in [-0.3, -0.25) is 0 Å². The summed E-state index contributed by atoms with van der Waals surface area (Å²) in [6.07, 6.45) is 0.838. The van der Waals surface area contributed by atoms with Crippen LogP contribution in [0.2, 0.25) is 0 Å². The molecule has 1 unspecified atom stereocenters. The minimum Gasteiger partial charge on any atom is -0.377 e. The van der Waals surface area contributed by atoms with Crippen LogP contribution in [-0.2, 0) is 4.74 Å². The Bertz CT molecular complexity index is 188. The molecule has 13 heavy (non-hydrogen) atoms. The summed E-state index contributed by atoms with van der Waals surface area (Å²) in [7, 11) is 1.74. The van der Waals surface area contributed by atoms with Crippen molar-refractivity contribution in [3.63, 3.8) is 0 Å². The molecule has 2 heteroatoms. The van der Waals surface area contributed by atoms with Crippen molar-refractivity contribution in [3.05, 3.63) is 0 Å². The van der Waals surface area contributed by atoms with Gasteiger partial charge in [-0.2, -0.15) is 0 Å². The Kier molecular flexibility index (Phi) is 5.77. The van der Waals surface area contributed by atoms with E-state index in [9.17, 15) is 0 Å². The molecule has 0 amide bonds. The SMILES string of the molecule is CC#CCC(NCC)C(C)(C)OC. The first kappa shape index (κ1) is 12.5. The Morgan fingerprint density at radius 2 is 2.08 bits per heavy atom. The fourth-order valence-corrected chi connectivity index (χ4v) is 1.16. The zero-order valence-corrected chi connectivity index (χ0v) is 9.40. The Balaban J connectivity index is 4.27. The standard InChI is InChI=1S/C11H21NO/c1-6-8-9-10(12-7-2)11(3,4)13-5/h10,12H,7,9H2,1-5H3. The summed E-state index contributed by atoms with van der Waals surface area (Å²) in [5, 5.41) is 3.38. The predicted molar refractivity (Wildman–Crippen MR) is 56.6 cm³/mol. The number of methoxy groups -OCH3 is 1. The van der Waals surface area contributed by atoms with E-state index in [1.165, 1.54) is 0 Å². The molecule has 2 nitrogen and oxygen atoms in total. The highest BCUT2D eigenvalue weighted by Crippen LogP contribution is 2.15. The van der Waals surface area contributed by atoms with Gasteiger partial charge in [0.05, 0.1) is 5.60 Å². The Morgan fingerprint density at radius 3 is 2.46 bits per heavy atom. The van der Waals surface area contributed by atoms with Crippen molar-refractivity contribution in [2.75, 3.05) is 13.7 Å². The third kappa shape index (κ3) is 4.31. The maximum absolute atomic E-state index is 5.42. The maximum atomic E-state index is 5.42. The first-order valence-corrected chi connectivity index (χ1v) is 4.76. The molecule has 0 saturated heterocycles. The topological polar surface area (TPSA) is 21.3 Å². The number of hydrogen-bond acceptors (Lipinski definition) is 2. The minimum absolute atomic E-state index is 0.153. The molecule has 1 N–H and O–H groups in total. The largest absolute Gasteiger partial charge is 0.377 e.